The maximum Gasteiger partial charge on any atom is 0.310 e. The van der Waals surface area contributed by atoms with E-state index in [4.69, 9.17) is 17.0 Å². The van der Waals surface area contributed by atoms with Crippen molar-refractivity contribution in [3.63, 3.8) is 0 Å². The molecule has 0 radical (unpaired) electrons. The second-order valence-electron chi connectivity index (χ2n) is 6.30. The number of para-hydroxylation sites is 1. The highest BCUT2D eigenvalue weighted by atomic mass is 32.1. The van der Waals surface area contributed by atoms with Gasteiger partial charge >= 0.3 is 5.97 Å². The number of hydrogen-bond acceptors (Lipinski definition) is 5. The van der Waals surface area contributed by atoms with Crippen molar-refractivity contribution in [3.05, 3.63) is 39.4 Å². The summed E-state index contributed by atoms with van der Waals surface area (Å²) in [6, 6.07) is 7.04. The third-order valence-corrected chi connectivity index (χ3v) is 4.90. The standard InChI is InChI=1S/C18H21N3O4S/c1-2-25-17(24)12-6-5-9-20(10-12)15(22)11-21-16(23)13-7-3-4-8-14(13)19-18(21)26/h3-4,7-8,12H,2,5-6,9-11H2,1H3,(H,19,26)/t12-/m1/s1. The summed E-state index contributed by atoms with van der Waals surface area (Å²) in [7, 11) is 0. The molecule has 138 valence electrons. The van der Waals surface area contributed by atoms with E-state index in [2.05, 4.69) is 4.98 Å². The minimum absolute atomic E-state index is 0.144. The smallest absolute Gasteiger partial charge is 0.310 e. The summed E-state index contributed by atoms with van der Waals surface area (Å²) in [6.45, 7) is 2.82. The van der Waals surface area contributed by atoms with Crippen molar-refractivity contribution in [2.75, 3.05) is 19.7 Å². The molecule has 3 rings (SSSR count). The second kappa shape index (κ2) is 7.82. The summed E-state index contributed by atoms with van der Waals surface area (Å²) in [5, 5.41) is 0.483. The fourth-order valence-corrected chi connectivity index (χ4v) is 3.49. The first-order valence-corrected chi connectivity index (χ1v) is 9.08. The van der Waals surface area contributed by atoms with Crippen LogP contribution in [0.2, 0.25) is 0 Å². The van der Waals surface area contributed by atoms with Gasteiger partial charge in [-0.25, -0.2) is 0 Å². The molecule has 1 aliphatic rings. The van der Waals surface area contributed by atoms with Crippen molar-refractivity contribution >= 4 is 35.0 Å². The maximum absolute atomic E-state index is 12.7. The zero-order valence-electron chi connectivity index (χ0n) is 14.6. The van der Waals surface area contributed by atoms with Crippen LogP contribution in [0.25, 0.3) is 10.9 Å². The molecule has 2 heterocycles. The number of piperidine rings is 1. The molecule has 2 aromatic rings. The van der Waals surface area contributed by atoms with E-state index in [0.717, 1.165) is 6.42 Å². The minimum atomic E-state index is -0.310. The normalized spacial score (nSPS) is 17.3. The van der Waals surface area contributed by atoms with Crippen molar-refractivity contribution in [2.24, 2.45) is 5.92 Å². The molecule has 0 bridgehead atoms. The molecule has 8 heteroatoms. The lowest BCUT2D eigenvalue weighted by atomic mass is 9.98. The van der Waals surface area contributed by atoms with Crippen molar-refractivity contribution in [1.82, 2.24) is 14.5 Å². The Balaban J connectivity index is 1.80. The molecule has 0 spiro atoms. The molecule has 1 fully saturated rings. The Morgan fingerprint density at radius 3 is 2.88 bits per heavy atom. The number of nitrogens with zero attached hydrogens (tertiary/aromatic N) is 2. The first-order chi connectivity index (χ1) is 12.5. The van der Waals surface area contributed by atoms with E-state index in [1.54, 1.807) is 30.0 Å². The van der Waals surface area contributed by atoms with Gasteiger partial charge in [-0.1, -0.05) is 12.1 Å². The summed E-state index contributed by atoms with van der Waals surface area (Å²) in [5.74, 6) is -0.809. The number of H-pyrrole nitrogens is 1. The van der Waals surface area contributed by atoms with E-state index >= 15 is 0 Å². The Morgan fingerprint density at radius 1 is 1.35 bits per heavy atom. The number of carbonyl (C=O) groups is 2. The fourth-order valence-electron chi connectivity index (χ4n) is 3.23. The number of likely N-dealkylation sites (tertiary alicyclic amines) is 1. The number of ether oxygens (including phenoxy) is 1. The minimum Gasteiger partial charge on any atom is -0.466 e. The van der Waals surface area contributed by atoms with Gasteiger partial charge in [-0.2, -0.15) is 0 Å². The highest BCUT2D eigenvalue weighted by molar-refractivity contribution is 7.71. The molecule has 1 aliphatic heterocycles. The van der Waals surface area contributed by atoms with Gasteiger partial charge in [0.1, 0.15) is 6.54 Å². The van der Waals surface area contributed by atoms with Crippen molar-refractivity contribution in [3.8, 4) is 0 Å². The number of aromatic amines is 1. The van der Waals surface area contributed by atoms with Crippen LogP contribution in [0.3, 0.4) is 0 Å². The first kappa shape index (κ1) is 18.3. The molecule has 1 aromatic carbocycles. The molecule has 1 amide bonds. The molecule has 0 aliphatic carbocycles. The number of rotatable bonds is 4. The predicted molar refractivity (Wildman–Crippen MR) is 99.3 cm³/mol. The largest absolute Gasteiger partial charge is 0.466 e. The van der Waals surface area contributed by atoms with Crippen LogP contribution >= 0.6 is 12.2 Å². The van der Waals surface area contributed by atoms with Crippen molar-refractivity contribution in [2.45, 2.75) is 26.3 Å². The summed E-state index contributed by atoms with van der Waals surface area (Å²) in [5.41, 5.74) is 0.350. The topological polar surface area (TPSA) is 84.4 Å². The van der Waals surface area contributed by atoms with Gasteiger partial charge in [0.2, 0.25) is 5.91 Å². The summed E-state index contributed by atoms with van der Waals surface area (Å²) < 4.78 is 6.54. The number of hydrogen-bond donors (Lipinski definition) is 1. The second-order valence-corrected chi connectivity index (χ2v) is 6.68. The van der Waals surface area contributed by atoms with Crippen LogP contribution in [-0.4, -0.2) is 46.0 Å². The molecular weight excluding hydrogens is 354 g/mol. The Bertz CT molecular complexity index is 949. The van der Waals surface area contributed by atoms with E-state index in [1.807, 2.05) is 6.07 Å². The van der Waals surface area contributed by atoms with Crippen LogP contribution in [-0.2, 0) is 20.9 Å². The summed E-state index contributed by atoms with van der Waals surface area (Å²) >= 11 is 5.25. The lowest BCUT2D eigenvalue weighted by molar-refractivity contribution is -0.151. The zero-order valence-corrected chi connectivity index (χ0v) is 15.4. The molecule has 1 atom stereocenters. The van der Waals surface area contributed by atoms with Crippen LogP contribution in [0.15, 0.2) is 29.1 Å². The molecule has 1 N–H and O–H groups in total. The van der Waals surface area contributed by atoms with Gasteiger partial charge in [0.25, 0.3) is 5.56 Å². The van der Waals surface area contributed by atoms with Gasteiger partial charge < -0.3 is 14.6 Å². The first-order valence-electron chi connectivity index (χ1n) is 8.67. The molecule has 1 saturated heterocycles. The van der Waals surface area contributed by atoms with E-state index in [-0.39, 0.29) is 34.7 Å². The molecule has 0 unspecified atom stereocenters. The lowest BCUT2D eigenvalue weighted by Crippen LogP contribution is -2.45. The highest BCUT2D eigenvalue weighted by Crippen LogP contribution is 2.18. The number of amides is 1. The van der Waals surface area contributed by atoms with E-state index < -0.39 is 0 Å². The number of aromatic nitrogens is 2. The SMILES string of the molecule is CCOC(=O)[C@@H]1CCCN(C(=O)Cn2c(=S)[nH]c3ccccc3c2=O)C1. The molecule has 0 saturated carbocycles. The fraction of sp³-hybridized carbons (Fsp3) is 0.444. The van der Waals surface area contributed by atoms with Gasteiger partial charge in [0, 0.05) is 13.1 Å². The Kier molecular flexibility index (Phi) is 5.51. The summed E-state index contributed by atoms with van der Waals surface area (Å²) in [6.07, 6.45) is 1.44. The van der Waals surface area contributed by atoms with Gasteiger partial charge in [-0.15, -0.1) is 0 Å². The quantitative estimate of drug-likeness (QED) is 0.651. The zero-order chi connectivity index (χ0) is 18.7. The van der Waals surface area contributed by atoms with Gasteiger partial charge in [0.15, 0.2) is 4.77 Å². The lowest BCUT2D eigenvalue weighted by Gasteiger charge is -2.31. The maximum atomic E-state index is 12.7. The average molecular weight is 375 g/mol. The molecule has 7 nitrogen and oxygen atoms in total. The van der Waals surface area contributed by atoms with Gasteiger partial charge in [-0.3, -0.25) is 19.0 Å². The number of nitrogens with one attached hydrogen (secondary N) is 1. The number of fused-ring (bicyclic) bond motifs is 1. The van der Waals surface area contributed by atoms with E-state index in [0.29, 0.717) is 37.0 Å². The monoisotopic (exact) mass is 375 g/mol. The van der Waals surface area contributed by atoms with Gasteiger partial charge in [-0.05, 0) is 44.1 Å². The highest BCUT2D eigenvalue weighted by Gasteiger charge is 2.29. The van der Waals surface area contributed by atoms with Crippen molar-refractivity contribution in [1.29, 1.82) is 0 Å². The van der Waals surface area contributed by atoms with Crippen LogP contribution in [0.1, 0.15) is 19.8 Å². The predicted octanol–water partition coefficient (Wildman–Crippen LogP) is 1.86. The van der Waals surface area contributed by atoms with E-state index in [9.17, 15) is 14.4 Å². The van der Waals surface area contributed by atoms with Crippen LogP contribution in [0.4, 0.5) is 0 Å². The van der Waals surface area contributed by atoms with Crippen molar-refractivity contribution < 1.29 is 14.3 Å². The third kappa shape index (κ3) is 3.70. The summed E-state index contributed by atoms with van der Waals surface area (Å²) in [4.78, 5) is 41.9. The van der Waals surface area contributed by atoms with Crippen LogP contribution in [0.5, 0.6) is 0 Å². The average Bonchev–Trinajstić information content (AvgIpc) is 2.65. The molecule has 26 heavy (non-hydrogen) atoms. The number of benzene rings is 1. The Hall–Kier alpha value is -2.48. The molecule has 1 aromatic heterocycles. The molecular formula is C18H21N3O4S. The number of carbonyl (C=O) groups excluding carboxylic acids is 2. The Morgan fingerprint density at radius 2 is 2.12 bits per heavy atom. The number of esters is 1. The Labute approximate surface area is 155 Å². The van der Waals surface area contributed by atoms with Crippen LogP contribution < -0.4 is 5.56 Å². The third-order valence-electron chi connectivity index (χ3n) is 4.58. The van der Waals surface area contributed by atoms with E-state index in [1.165, 1.54) is 4.57 Å². The van der Waals surface area contributed by atoms with Crippen LogP contribution in [0, 0.1) is 10.7 Å². The van der Waals surface area contributed by atoms with Gasteiger partial charge in [0.05, 0.1) is 23.4 Å².